The van der Waals surface area contributed by atoms with Crippen LogP contribution in [0.1, 0.15) is 21.5 Å². The molecule has 0 fully saturated rings. The number of sulfonamides is 1. The fraction of sp³-hybridized carbons (Fsp3) is 0.263. The summed E-state index contributed by atoms with van der Waals surface area (Å²) < 4.78 is 75.4. The van der Waals surface area contributed by atoms with E-state index in [1.807, 2.05) is 0 Å². The maximum atomic E-state index is 12.9. The van der Waals surface area contributed by atoms with Crippen LogP contribution in [0.5, 0.6) is 0 Å². The summed E-state index contributed by atoms with van der Waals surface area (Å²) in [4.78, 5) is 22.9. The van der Waals surface area contributed by atoms with Gasteiger partial charge in [-0.05, 0) is 42.0 Å². The van der Waals surface area contributed by atoms with Crippen molar-refractivity contribution in [2.45, 2.75) is 17.6 Å². The first-order chi connectivity index (χ1) is 14.5. The molecule has 8 nitrogen and oxygen atoms in total. The third-order valence-electron chi connectivity index (χ3n) is 3.90. The number of benzene rings is 2. The van der Waals surface area contributed by atoms with Crippen molar-refractivity contribution in [3.05, 3.63) is 59.2 Å². The molecular weight excluding hydrogens is 441 g/mol. The number of nitrogens with one attached hydrogen (secondary N) is 2. The van der Waals surface area contributed by atoms with E-state index in [0.717, 1.165) is 31.4 Å². The van der Waals surface area contributed by atoms with E-state index in [9.17, 15) is 31.2 Å². The molecule has 12 heteroatoms. The van der Waals surface area contributed by atoms with Crippen LogP contribution in [0.25, 0.3) is 0 Å². The summed E-state index contributed by atoms with van der Waals surface area (Å²) in [5.41, 5.74) is -0.909. The molecule has 0 spiro atoms. The molecule has 2 aromatic rings. The normalized spacial score (nSPS) is 11.6. The lowest BCUT2D eigenvalue weighted by molar-refractivity contribution is -0.137. The van der Waals surface area contributed by atoms with Crippen molar-refractivity contribution in [1.82, 2.24) is 5.32 Å². The summed E-state index contributed by atoms with van der Waals surface area (Å²) in [5, 5.41) is 2.51. The first-order valence-corrected chi connectivity index (χ1v) is 10.1. The summed E-state index contributed by atoms with van der Waals surface area (Å²) >= 11 is 0. The zero-order valence-corrected chi connectivity index (χ0v) is 17.3. The van der Waals surface area contributed by atoms with Gasteiger partial charge in [-0.3, -0.25) is 9.52 Å². The average Bonchev–Trinajstić information content (AvgIpc) is 2.71. The molecule has 2 rings (SSSR count). The largest absolute Gasteiger partial charge is 0.465 e. The van der Waals surface area contributed by atoms with Gasteiger partial charge in [-0.1, -0.05) is 6.07 Å². The molecule has 0 aliphatic carbocycles. The van der Waals surface area contributed by atoms with Crippen LogP contribution in [0, 0.1) is 0 Å². The highest BCUT2D eigenvalue weighted by Crippen LogP contribution is 2.31. The molecule has 0 heterocycles. The maximum absolute atomic E-state index is 12.9. The molecule has 0 saturated carbocycles. The molecule has 0 aliphatic rings. The zero-order chi connectivity index (χ0) is 23.2. The van der Waals surface area contributed by atoms with Gasteiger partial charge in [0.05, 0.1) is 28.8 Å². The van der Waals surface area contributed by atoms with E-state index < -0.39 is 38.5 Å². The van der Waals surface area contributed by atoms with Crippen LogP contribution in [0.15, 0.2) is 47.4 Å². The quantitative estimate of drug-likeness (QED) is 0.586. The van der Waals surface area contributed by atoms with Gasteiger partial charge in [0.25, 0.3) is 10.0 Å². The SMILES string of the molecule is COCC(=O)NCc1cc(NS(=O)(=O)c2cccc(C(F)(F)F)c2)cc(C(=O)OC)c1. The molecule has 0 atom stereocenters. The van der Waals surface area contributed by atoms with Crippen LogP contribution >= 0.6 is 0 Å². The Balaban J connectivity index is 2.37. The Morgan fingerprint density at radius 2 is 1.77 bits per heavy atom. The second kappa shape index (κ2) is 9.79. The van der Waals surface area contributed by atoms with Crippen LogP contribution in [0.4, 0.5) is 18.9 Å². The predicted molar refractivity (Wildman–Crippen MR) is 104 cm³/mol. The lowest BCUT2D eigenvalue weighted by Crippen LogP contribution is -2.26. The number of amides is 1. The van der Waals surface area contributed by atoms with E-state index in [-0.39, 0.29) is 24.4 Å². The highest BCUT2D eigenvalue weighted by atomic mass is 32.2. The Hall–Kier alpha value is -3.12. The minimum Gasteiger partial charge on any atom is -0.465 e. The van der Waals surface area contributed by atoms with Crippen molar-refractivity contribution in [3.63, 3.8) is 0 Å². The molecule has 1 amide bonds. The molecule has 0 aliphatic heterocycles. The minimum absolute atomic E-state index is 0.0252. The molecule has 168 valence electrons. The zero-order valence-electron chi connectivity index (χ0n) is 16.4. The highest BCUT2D eigenvalue weighted by Gasteiger charge is 2.31. The smallest absolute Gasteiger partial charge is 0.416 e. The Kier molecular flexibility index (Phi) is 7.63. The number of methoxy groups -OCH3 is 2. The van der Waals surface area contributed by atoms with Gasteiger partial charge in [0, 0.05) is 13.7 Å². The van der Waals surface area contributed by atoms with Gasteiger partial charge >= 0.3 is 12.1 Å². The molecule has 0 saturated heterocycles. The second-order valence-corrected chi connectivity index (χ2v) is 7.93. The van der Waals surface area contributed by atoms with Crippen molar-refractivity contribution in [1.29, 1.82) is 0 Å². The minimum atomic E-state index is -4.72. The summed E-state index contributed by atoms with van der Waals surface area (Å²) in [6.07, 6.45) is -4.72. The molecule has 0 unspecified atom stereocenters. The second-order valence-electron chi connectivity index (χ2n) is 6.25. The van der Waals surface area contributed by atoms with Gasteiger partial charge < -0.3 is 14.8 Å². The predicted octanol–water partition coefficient (Wildman–Crippen LogP) is 2.56. The van der Waals surface area contributed by atoms with E-state index in [1.54, 1.807) is 0 Å². The molecular formula is C19H19F3N2O6S. The number of carbonyl (C=O) groups is 2. The lowest BCUT2D eigenvalue weighted by Gasteiger charge is -2.13. The Morgan fingerprint density at radius 1 is 1.06 bits per heavy atom. The lowest BCUT2D eigenvalue weighted by atomic mass is 10.1. The summed E-state index contributed by atoms with van der Waals surface area (Å²) in [6, 6.07) is 7.09. The van der Waals surface area contributed by atoms with E-state index >= 15 is 0 Å². The molecule has 2 N–H and O–H groups in total. The number of esters is 1. The monoisotopic (exact) mass is 460 g/mol. The summed E-state index contributed by atoms with van der Waals surface area (Å²) in [7, 11) is -1.95. The van der Waals surface area contributed by atoms with E-state index in [4.69, 9.17) is 0 Å². The Labute approximate surface area is 176 Å². The topological polar surface area (TPSA) is 111 Å². The Morgan fingerprint density at radius 3 is 2.39 bits per heavy atom. The summed E-state index contributed by atoms with van der Waals surface area (Å²) in [6.45, 7) is -0.267. The molecule has 0 radical (unpaired) electrons. The van der Waals surface area contributed by atoms with Gasteiger partial charge in [-0.15, -0.1) is 0 Å². The van der Waals surface area contributed by atoms with E-state index in [2.05, 4.69) is 19.5 Å². The van der Waals surface area contributed by atoms with Gasteiger partial charge in [-0.2, -0.15) is 13.2 Å². The molecule has 2 aromatic carbocycles. The third kappa shape index (κ3) is 6.69. The van der Waals surface area contributed by atoms with Crippen molar-refractivity contribution in [2.75, 3.05) is 25.5 Å². The van der Waals surface area contributed by atoms with Crippen molar-refractivity contribution in [3.8, 4) is 0 Å². The van der Waals surface area contributed by atoms with Gasteiger partial charge in [-0.25, -0.2) is 13.2 Å². The first kappa shape index (κ1) is 24.2. The number of anilines is 1. The average molecular weight is 460 g/mol. The van der Waals surface area contributed by atoms with Crippen molar-refractivity contribution < 1.29 is 40.7 Å². The van der Waals surface area contributed by atoms with Crippen LogP contribution in [-0.2, 0) is 37.0 Å². The van der Waals surface area contributed by atoms with Crippen molar-refractivity contribution >= 4 is 27.6 Å². The number of hydrogen-bond acceptors (Lipinski definition) is 6. The van der Waals surface area contributed by atoms with Crippen LogP contribution in [0.3, 0.4) is 0 Å². The number of carbonyl (C=O) groups excluding carboxylic acids is 2. The number of hydrogen-bond donors (Lipinski definition) is 2. The number of halogens is 3. The van der Waals surface area contributed by atoms with Crippen molar-refractivity contribution in [2.24, 2.45) is 0 Å². The number of alkyl halides is 3. The van der Waals surface area contributed by atoms with Crippen LogP contribution in [0.2, 0.25) is 0 Å². The van der Waals surface area contributed by atoms with E-state index in [1.165, 1.54) is 19.2 Å². The van der Waals surface area contributed by atoms with Crippen LogP contribution < -0.4 is 10.0 Å². The van der Waals surface area contributed by atoms with E-state index in [0.29, 0.717) is 11.6 Å². The van der Waals surface area contributed by atoms with Gasteiger partial charge in [0.15, 0.2) is 0 Å². The van der Waals surface area contributed by atoms with Crippen LogP contribution in [-0.4, -0.2) is 41.1 Å². The standard InChI is InChI=1S/C19H19F3N2O6S/c1-29-11-17(25)23-10-12-6-13(18(26)30-2)8-15(7-12)24-31(27,28)16-5-3-4-14(9-16)19(20,21)22/h3-9,24H,10-11H2,1-2H3,(H,23,25). The van der Waals surface area contributed by atoms with Gasteiger partial charge in [0.1, 0.15) is 6.61 Å². The first-order valence-electron chi connectivity index (χ1n) is 8.64. The maximum Gasteiger partial charge on any atom is 0.416 e. The third-order valence-corrected chi connectivity index (χ3v) is 5.28. The fourth-order valence-corrected chi connectivity index (χ4v) is 3.61. The molecule has 0 bridgehead atoms. The highest BCUT2D eigenvalue weighted by molar-refractivity contribution is 7.92. The summed E-state index contributed by atoms with van der Waals surface area (Å²) in [5.74, 6) is -1.22. The fourth-order valence-electron chi connectivity index (χ4n) is 2.53. The number of ether oxygens (including phenoxy) is 2. The molecule has 0 aromatic heterocycles. The number of rotatable bonds is 8. The Bertz CT molecular complexity index is 1070. The molecule has 31 heavy (non-hydrogen) atoms. The van der Waals surface area contributed by atoms with Gasteiger partial charge in [0.2, 0.25) is 5.91 Å².